The number of anilines is 1. The van der Waals surface area contributed by atoms with Crippen LogP contribution in [0.15, 0.2) is 73.2 Å². The third kappa shape index (κ3) is 5.42. The number of pyridine rings is 2. The fraction of sp³-hybridized carbons (Fsp3) is 0.292. The number of hydrogen-bond acceptors (Lipinski definition) is 5. The van der Waals surface area contributed by atoms with Crippen LogP contribution >= 0.6 is 0 Å². The van der Waals surface area contributed by atoms with Crippen LogP contribution in [-0.2, 0) is 17.9 Å². The molecule has 4 rings (SSSR count). The SMILES string of the molecule is O=C(Nc1ncccc1OCc1ccncc1)C1CCCN(Cc2ccccc2)C1. The van der Waals surface area contributed by atoms with Gasteiger partial charge in [-0.2, -0.15) is 0 Å². The molecule has 0 bridgehead atoms. The molecule has 1 atom stereocenters. The first-order valence-electron chi connectivity index (χ1n) is 10.3. The van der Waals surface area contributed by atoms with Crippen LogP contribution in [0.4, 0.5) is 5.82 Å². The molecular weight excluding hydrogens is 376 g/mol. The predicted octanol–water partition coefficient (Wildman–Crippen LogP) is 3.91. The van der Waals surface area contributed by atoms with Crippen LogP contribution in [0.1, 0.15) is 24.0 Å². The third-order valence-electron chi connectivity index (χ3n) is 5.28. The van der Waals surface area contributed by atoms with Crippen molar-refractivity contribution >= 4 is 11.7 Å². The van der Waals surface area contributed by atoms with E-state index in [1.807, 2.05) is 24.3 Å². The molecule has 1 aliphatic rings. The number of ether oxygens (including phenoxy) is 1. The summed E-state index contributed by atoms with van der Waals surface area (Å²) in [5.41, 5.74) is 2.28. The Morgan fingerprint density at radius 3 is 2.70 bits per heavy atom. The maximum atomic E-state index is 13.0. The molecule has 1 unspecified atom stereocenters. The van der Waals surface area contributed by atoms with E-state index in [0.717, 1.165) is 38.0 Å². The zero-order valence-electron chi connectivity index (χ0n) is 16.9. The van der Waals surface area contributed by atoms with Crippen molar-refractivity contribution < 1.29 is 9.53 Å². The molecule has 0 spiro atoms. The van der Waals surface area contributed by atoms with Gasteiger partial charge in [0.1, 0.15) is 6.61 Å². The molecule has 1 N–H and O–H groups in total. The van der Waals surface area contributed by atoms with Crippen LogP contribution in [0.2, 0.25) is 0 Å². The number of piperidine rings is 1. The van der Waals surface area contributed by atoms with Gasteiger partial charge in [0.2, 0.25) is 5.91 Å². The Morgan fingerprint density at radius 1 is 1.03 bits per heavy atom. The molecule has 6 heteroatoms. The van der Waals surface area contributed by atoms with Crippen molar-refractivity contribution in [2.24, 2.45) is 5.92 Å². The molecule has 0 radical (unpaired) electrons. The molecule has 3 aromatic rings. The largest absolute Gasteiger partial charge is 0.485 e. The number of carbonyl (C=O) groups is 1. The molecule has 154 valence electrons. The number of benzene rings is 1. The minimum absolute atomic E-state index is 0.000206. The number of nitrogens with one attached hydrogen (secondary N) is 1. The van der Waals surface area contributed by atoms with Gasteiger partial charge < -0.3 is 10.1 Å². The van der Waals surface area contributed by atoms with E-state index in [1.165, 1.54) is 5.56 Å². The first-order valence-corrected chi connectivity index (χ1v) is 10.3. The Bertz CT molecular complexity index is 950. The highest BCUT2D eigenvalue weighted by Gasteiger charge is 2.26. The minimum atomic E-state index is -0.0579. The molecule has 2 aromatic heterocycles. The molecule has 1 aromatic carbocycles. The molecule has 0 saturated carbocycles. The molecule has 1 saturated heterocycles. The number of hydrogen-bond donors (Lipinski definition) is 1. The normalized spacial score (nSPS) is 16.7. The smallest absolute Gasteiger partial charge is 0.230 e. The highest BCUT2D eigenvalue weighted by Crippen LogP contribution is 2.25. The van der Waals surface area contributed by atoms with E-state index >= 15 is 0 Å². The first kappa shape index (κ1) is 20.0. The van der Waals surface area contributed by atoms with E-state index in [9.17, 15) is 4.79 Å². The number of nitrogens with zero attached hydrogens (tertiary/aromatic N) is 3. The summed E-state index contributed by atoms with van der Waals surface area (Å²) < 4.78 is 5.90. The van der Waals surface area contributed by atoms with Crippen LogP contribution in [-0.4, -0.2) is 33.9 Å². The number of rotatable bonds is 7. The van der Waals surface area contributed by atoms with E-state index < -0.39 is 0 Å². The average molecular weight is 402 g/mol. The quantitative estimate of drug-likeness (QED) is 0.649. The van der Waals surface area contributed by atoms with Crippen LogP contribution in [0.25, 0.3) is 0 Å². The van der Waals surface area contributed by atoms with E-state index in [0.29, 0.717) is 18.2 Å². The van der Waals surface area contributed by atoms with Crippen molar-refractivity contribution in [2.45, 2.75) is 26.0 Å². The van der Waals surface area contributed by atoms with E-state index in [-0.39, 0.29) is 11.8 Å². The van der Waals surface area contributed by atoms with Gasteiger partial charge in [-0.15, -0.1) is 0 Å². The van der Waals surface area contributed by atoms with Gasteiger partial charge in [0.15, 0.2) is 11.6 Å². The Labute approximate surface area is 176 Å². The molecule has 0 aliphatic carbocycles. The highest BCUT2D eigenvalue weighted by molar-refractivity contribution is 5.93. The number of aromatic nitrogens is 2. The molecule has 6 nitrogen and oxygen atoms in total. The lowest BCUT2D eigenvalue weighted by atomic mass is 9.96. The summed E-state index contributed by atoms with van der Waals surface area (Å²) in [6, 6.07) is 17.8. The molecular formula is C24H26N4O2. The standard InChI is InChI=1S/C24H26N4O2/c29-24(21-8-5-15-28(17-21)16-19-6-2-1-3-7-19)27-23-22(9-4-12-26-23)30-18-20-10-13-25-14-11-20/h1-4,6-7,9-14,21H,5,8,15-18H2,(H,26,27,29). The van der Waals surface area contributed by atoms with Crippen LogP contribution in [0, 0.1) is 5.92 Å². The predicted molar refractivity (Wildman–Crippen MR) is 116 cm³/mol. The molecule has 1 fully saturated rings. The maximum Gasteiger partial charge on any atom is 0.230 e. The summed E-state index contributed by atoms with van der Waals surface area (Å²) in [7, 11) is 0. The molecule has 3 heterocycles. The van der Waals surface area contributed by atoms with Crippen molar-refractivity contribution in [1.29, 1.82) is 0 Å². The van der Waals surface area contributed by atoms with E-state index in [1.54, 1.807) is 24.7 Å². The van der Waals surface area contributed by atoms with Crippen LogP contribution in [0.5, 0.6) is 5.75 Å². The monoisotopic (exact) mass is 402 g/mol. The summed E-state index contributed by atoms with van der Waals surface area (Å²) in [4.78, 5) is 23.6. The maximum absolute atomic E-state index is 13.0. The second-order valence-electron chi connectivity index (χ2n) is 7.54. The zero-order chi connectivity index (χ0) is 20.6. The molecule has 30 heavy (non-hydrogen) atoms. The lowest BCUT2D eigenvalue weighted by Gasteiger charge is -2.32. The first-order chi connectivity index (χ1) is 14.8. The number of likely N-dealkylation sites (tertiary alicyclic amines) is 1. The number of carbonyl (C=O) groups excluding carboxylic acids is 1. The summed E-state index contributed by atoms with van der Waals surface area (Å²) in [5.74, 6) is 0.981. The topological polar surface area (TPSA) is 67.3 Å². The molecule has 1 aliphatic heterocycles. The van der Waals surface area contributed by atoms with Gasteiger partial charge in [0.05, 0.1) is 5.92 Å². The van der Waals surface area contributed by atoms with Crippen molar-refractivity contribution in [3.63, 3.8) is 0 Å². The lowest BCUT2D eigenvalue weighted by molar-refractivity contribution is -0.121. The van der Waals surface area contributed by atoms with Crippen LogP contribution in [0.3, 0.4) is 0 Å². The Balaban J connectivity index is 1.36. The van der Waals surface area contributed by atoms with Gasteiger partial charge in [-0.3, -0.25) is 14.7 Å². The highest BCUT2D eigenvalue weighted by atomic mass is 16.5. The van der Waals surface area contributed by atoms with Gasteiger partial charge in [-0.05, 0) is 54.8 Å². The van der Waals surface area contributed by atoms with Crippen molar-refractivity contribution in [2.75, 3.05) is 18.4 Å². The minimum Gasteiger partial charge on any atom is -0.485 e. The zero-order valence-corrected chi connectivity index (χ0v) is 16.9. The van der Waals surface area contributed by atoms with Gasteiger partial charge in [-0.1, -0.05) is 30.3 Å². The summed E-state index contributed by atoms with van der Waals surface area (Å²) >= 11 is 0. The van der Waals surface area contributed by atoms with Crippen molar-refractivity contribution in [3.8, 4) is 5.75 Å². The lowest BCUT2D eigenvalue weighted by Crippen LogP contribution is -2.40. The Morgan fingerprint density at radius 2 is 1.87 bits per heavy atom. The second kappa shape index (κ2) is 9.98. The third-order valence-corrected chi connectivity index (χ3v) is 5.28. The van der Waals surface area contributed by atoms with Crippen LogP contribution < -0.4 is 10.1 Å². The summed E-state index contributed by atoms with van der Waals surface area (Å²) in [6.07, 6.45) is 7.02. The van der Waals surface area contributed by atoms with Gasteiger partial charge in [0.25, 0.3) is 0 Å². The van der Waals surface area contributed by atoms with Crippen molar-refractivity contribution in [1.82, 2.24) is 14.9 Å². The van der Waals surface area contributed by atoms with Gasteiger partial charge in [-0.25, -0.2) is 4.98 Å². The second-order valence-corrected chi connectivity index (χ2v) is 7.54. The van der Waals surface area contributed by atoms with Gasteiger partial charge >= 0.3 is 0 Å². The van der Waals surface area contributed by atoms with Gasteiger partial charge in [0, 0.05) is 31.7 Å². The van der Waals surface area contributed by atoms with E-state index in [4.69, 9.17) is 4.74 Å². The number of amides is 1. The Hall–Kier alpha value is -3.25. The molecule has 1 amide bonds. The average Bonchev–Trinajstić information content (AvgIpc) is 2.80. The fourth-order valence-corrected chi connectivity index (χ4v) is 3.71. The fourth-order valence-electron chi connectivity index (χ4n) is 3.71. The van der Waals surface area contributed by atoms with E-state index in [2.05, 4.69) is 44.5 Å². The summed E-state index contributed by atoms with van der Waals surface area (Å²) in [6.45, 7) is 3.03. The Kier molecular flexibility index (Phi) is 6.67. The van der Waals surface area contributed by atoms with Crippen molar-refractivity contribution in [3.05, 3.63) is 84.3 Å². The summed E-state index contributed by atoms with van der Waals surface area (Å²) in [5, 5.41) is 2.99.